The molecule has 1 aliphatic heterocycles. The zero-order valence-corrected chi connectivity index (χ0v) is 16.1. The van der Waals surface area contributed by atoms with Crippen LogP contribution in [0.4, 0.5) is 10.1 Å². The minimum Gasteiger partial charge on any atom is -0.367 e. The number of H-pyrrole nitrogens is 1. The minimum absolute atomic E-state index is 0.104. The number of benzene rings is 2. The van der Waals surface area contributed by atoms with Gasteiger partial charge in [-0.2, -0.15) is 10.4 Å². The smallest absolute Gasteiger partial charge is 0.246 e. The molecule has 0 aliphatic carbocycles. The maximum atomic E-state index is 15.0. The number of nitrogens with zero attached hydrogens (tertiary/aromatic N) is 4. The molecule has 1 fully saturated rings. The van der Waals surface area contributed by atoms with Gasteiger partial charge in [-0.05, 0) is 42.3 Å². The molecule has 2 aromatic carbocycles. The van der Waals surface area contributed by atoms with Crippen molar-refractivity contribution in [2.45, 2.75) is 6.92 Å². The van der Waals surface area contributed by atoms with E-state index in [0.717, 1.165) is 16.5 Å². The number of amides is 1. The zero-order valence-electron chi connectivity index (χ0n) is 16.1. The van der Waals surface area contributed by atoms with Gasteiger partial charge in [0, 0.05) is 37.1 Å². The van der Waals surface area contributed by atoms with E-state index in [2.05, 4.69) is 22.8 Å². The second-order valence-corrected chi connectivity index (χ2v) is 7.03. The summed E-state index contributed by atoms with van der Waals surface area (Å²) in [6.07, 6.45) is 2.96. The molecule has 2 heterocycles. The lowest BCUT2D eigenvalue weighted by Crippen LogP contribution is -2.48. The molecule has 1 aliphatic rings. The summed E-state index contributed by atoms with van der Waals surface area (Å²) in [6.45, 7) is 7.60. The van der Waals surface area contributed by atoms with Crippen LogP contribution >= 0.6 is 0 Å². The first-order valence-electron chi connectivity index (χ1n) is 9.37. The van der Waals surface area contributed by atoms with Gasteiger partial charge >= 0.3 is 0 Å². The Hall–Kier alpha value is -3.66. The number of carbonyl (C=O) groups excluding carboxylic acids is 1. The highest BCUT2D eigenvalue weighted by Crippen LogP contribution is 2.39. The van der Waals surface area contributed by atoms with E-state index in [4.69, 9.17) is 0 Å². The number of aryl methyl sites for hydroxylation is 1. The molecule has 6 nitrogen and oxygen atoms in total. The Labute approximate surface area is 167 Å². The Bertz CT molecular complexity index is 1150. The van der Waals surface area contributed by atoms with E-state index >= 15 is 4.39 Å². The number of aromatic amines is 1. The van der Waals surface area contributed by atoms with Crippen LogP contribution in [0.5, 0.6) is 0 Å². The van der Waals surface area contributed by atoms with Gasteiger partial charge in [0.15, 0.2) is 0 Å². The van der Waals surface area contributed by atoms with Crippen LogP contribution < -0.4 is 4.90 Å². The van der Waals surface area contributed by atoms with Crippen LogP contribution in [0.2, 0.25) is 0 Å². The fourth-order valence-electron chi connectivity index (χ4n) is 3.94. The molecule has 0 saturated carbocycles. The van der Waals surface area contributed by atoms with Crippen LogP contribution in [0.15, 0.2) is 43.1 Å². The third-order valence-electron chi connectivity index (χ3n) is 5.43. The quantitative estimate of drug-likeness (QED) is 0.697. The highest BCUT2D eigenvalue weighted by molar-refractivity contribution is 5.98. The van der Waals surface area contributed by atoms with Crippen LogP contribution in [0.3, 0.4) is 0 Å². The summed E-state index contributed by atoms with van der Waals surface area (Å²) < 4.78 is 15.0. The maximum absolute atomic E-state index is 15.0. The summed E-state index contributed by atoms with van der Waals surface area (Å²) >= 11 is 0. The summed E-state index contributed by atoms with van der Waals surface area (Å²) in [5.41, 5.74) is 3.59. The van der Waals surface area contributed by atoms with Crippen molar-refractivity contribution in [3.8, 4) is 17.2 Å². The van der Waals surface area contributed by atoms with Crippen molar-refractivity contribution >= 4 is 22.5 Å². The van der Waals surface area contributed by atoms with E-state index in [0.29, 0.717) is 48.6 Å². The lowest BCUT2D eigenvalue weighted by atomic mass is 9.92. The fourth-order valence-corrected chi connectivity index (χ4v) is 3.94. The first kappa shape index (κ1) is 18.7. The second-order valence-electron chi connectivity index (χ2n) is 7.03. The molecule has 0 spiro atoms. The number of rotatable bonds is 3. The van der Waals surface area contributed by atoms with Gasteiger partial charge in [0.05, 0.1) is 23.0 Å². The third kappa shape index (κ3) is 3.13. The standard InChI is InChI=1S/C22H20FN5O/c1-3-20(29)28-10-8-27(9-11-28)19-7-5-17(23)22(15(19)12-24)21-14(2)4-6-18-16(21)13-25-26-18/h3-7,13H,1,8-11H2,2H3,(H,25,26). The topological polar surface area (TPSA) is 76.0 Å². The molecular formula is C22H20FN5O. The van der Waals surface area contributed by atoms with Crippen LogP contribution in [0.1, 0.15) is 11.1 Å². The largest absolute Gasteiger partial charge is 0.367 e. The van der Waals surface area contributed by atoms with E-state index in [-0.39, 0.29) is 5.91 Å². The molecule has 0 unspecified atom stereocenters. The van der Waals surface area contributed by atoms with Crippen molar-refractivity contribution in [2.24, 2.45) is 0 Å². The number of hydrogen-bond acceptors (Lipinski definition) is 4. The van der Waals surface area contributed by atoms with Crippen molar-refractivity contribution in [3.05, 3.63) is 60.1 Å². The normalized spacial score (nSPS) is 14.1. The Morgan fingerprint density at radius 1 is 1.24 bits per heavy atom. The summed E-state index contributed by atoms with van der Waals surface area (Å²) in [4.78, 5) is 15.6. The Morgan fingerprint density at radius 3 is 2.69 bits per heavy atom. The molecule has 0 bridgehead atoms. The molecule has 3 aromatic rings. The molecule has 146 valence electrons. The average molecular weight is 389 g/mol. The number of nitrogens with one attached hydrogen (secondary N) is 1. The van der Waals surface area contributed by atoms with Crippen molar-refractivity contribution < 1.29 is 9.18 Å². The van der Waals surface area contributed by atoms with Crippen LogP contribution in [-0.2, 0) is 4.79 Å². The summed E-state index contributed by atoms with van der Waals surface area (Å²) in [5, 5.41) is 17.7. The summed E-state index contributed by atoms with van der Waals surface area (Å²) in [5.74, 6) is -0.546. The lowest BCUT2D eigenvalue weighted by Gasteiger charge is -2.36. The Kier molecular flexibility index (Phi) is 4.77. The molecule has 7 heteroatoms. The number of hydrogen-bond donors (Lipinski definition) is 1. The summed E-state index contributed by atoms with van der Waals surface area (Å²) in [6, 6.07) is 9.06. The van der Waals surface area contributed by atoms with Gasteiger partial charge < -0.3 is 9.80 Å². The predicted octanol–water partition coefficient (Wildman–Crippen LogP) is 3.38. The zero-order chi connectivity index (χ0) is 20.5. The molecule has 1 amide bonds. The van der Waals surface area contributed by atoms with Gasteiger partial charge in [-0.15, -0.1) is 0 Å². The van der Waals surface area contributed by atoms with Crippen molar-refractivity contribution in [2.75, 3.05) is 31.1 Å². The number of piperazine rings is 1. The fraction of sp³-hybridized carbons (Fsp3) is 0.227. The number of aromatic nitrogens is 2. The van der Waals surface area contributed by atoms with Gasteiger partial charge in [0.2, 0.25) is 5.91 Å². The van der Waals surface area contributed by atoms with E-state index < -0.39 is 5.82 Å². The SMILES string of the molecule is C=CC(=O)N1CCN(c2ccc(F)c(-c3c(C)ccc4[nH]ncc34)c2C#N)CC1. The molecule has 1 saturated heterocycles. The molecule has 0 radical (unpaired) electrons. The van der Waals surface area contributed by atoms with Gasteiger partial charge in [-0.1, -0.05) is 12.6 Å². The minimum atomic E-state index is -0.442. The maximum Gasteiger partial charge on any atom is 0.246 e. The molecular weight excluding hydrogens is 369 g/mol. The predicted molar refractivity (Wildman–Crippen MR) is 110 cm³/mol. The first-order chi connectivity index (χ1) is 14.0. The highest BCUT2D eigenvalue weighted by Gasteiger charge is 2.25. The monoisotopic (exact) mass is 389 g/mol. The van der Waals surface area contributed by atoms with Gasteiger partial charge in [0.25, 0.3) is 0 Å². The Morgan fingerprint density at radius 2 is 2.00 bits per heavy atom. The van der Waals surface area contributed by atoms with Gasteiger partial charge in [-0.3, -0.25) is 9.89 Å². The van der Waals surface area contributed by atoms with E-state index in [1.165, 1.54) is 12.1 Å². The number of fused-ring (bicyclic) bond motifs is 1. The third-order valence-corrected chi connectivity index (χ3v) is 5.43. The first-order valence-corrected chi connectivity index (χ1v) is 9.37. The average Bonchev–Trinajstić information content (AvgIpc) is 3.22. The van der Waals surface area contributed by atoms with Crippen LogP contribution in [-0.4, -0.2) is 47.2 Å². The van der Waals surface area contributed by atoms with Gasteiger partial charge in [0.1, 0.15) is 11.9 Å². The number of carbonyl (C=O) groups is 1. The molecule has 1 N–H and O–H groups in total. The Balaban J connectivity index is 1.81. The molecule has 4 rings (SSSR count). The lowest BCUT2D eigenvalue weighted by molar-refractivity contribution is -0.126. The van der Waals surface area contributed by atoms with Gasteiger partial charge in [-0.25, -0.2) is 4.39 Å². The van der Waals surface area contributed by atoms with Crippen molar-refractivity contribution in [3.63, 3.8) is 0 Å². The number of anilines is 1. The van der Waals surface area contributed by atoms with Crippen molar-refractivity contribution in [1.29, 1.82) is 5.26 Å². The van der Waals surface area contributed by atoms with Crippen LogP contribution in [0, 0.1) is 24.1 Å². The molecule has 29 heavy (non-hydrogen) atoms. The summed E-state index contributed by atoms with van der Waals surface area (Å²) in [7, 11) is 0. The van der Waals surface area contributed by atoms with E-state index in [1.807, 2.05) is 24.0 Å². The number of nitriles is 1. The number of halogens is 1. The van der Waals surface area contributed by atoms with E-state index in [1.54, 1.807) is 17.2 Å². The van der Waals surface area contributed by atoms with Crippen LogP contribution in [0.25, 0.3) is 22.0 Å². The molecule has 1 aromatic heterocycles. The van der Waals surface area contributed by atoms with Crippen molar-refractivity contribution in [1.82, 2.24) is 15.1 Å². The molecule has 0 atom stereocenters. The second kappa shape index (κ2) is 7.40. The van der Waals surface area contributed by atoms with E-state index in [9.17, 15) is 10.1 Å². The highest BCUT2D eigenvalue weighted by atomic mass is 19.1.